The lowest BCUT2D eigenvalue weighted by atomic mass is 9.82. The molecule has 0 aromatic carbocycles. The number of nitrogens with one attached hydrogen (secondary N) is 1. The number of nitrogens with zero attached hydrogens (tertiary/aromatic N) is 1. The number of carboxylic acids is 1. The van der Waals surface area contributed by atoms with E-state index in [9.17, 15) is 14.7 Å². The van der Waals surface area contributed by atoms with Gasteiger partial charge in [0.2, 0.25) is 0 Å². The van der Waals surface area contributed by atoms with Crippen LogP contribution in [0.2, 0.25) is 0 Å². The normalized spacial score (nSPS) is 15.1. The summed E-state index contributed by atoms with van der Waals surface area (Å²) in [6.07, 6.45) is 3.07. The molecular formula is C14H20N2O4. The van der Waals surface area contributed by atoms with Gasteiger partial charge in [-0.25, -0.2) is 0 Å². The Morgan fingerprint density at radius 1 is 1.45 bits per heavy atom. The van der Waals surface area contributed by atoms with Crippen LogP contribution >= 0.6 is 0 Å². The van der Waals surface area contributed by atoms with E-state index < -0.39 is 11.4 Å². The van der Waals surface area contributed by atoms with Gasteiger partial charge in [-0.3, -0.25) is 9.59 Å². The molecule has 0 atom stereocenters. The van der Waals surface area contributed by atoms with Crippen molar-refractivity contribution < 1.29 is 19.2 Å². The number of carbonyl (C=O) groups is 2. The molecular weight excluding hydrogens is 260 g/mol. The molecule has 1 amide bonds. The third-order valence-electron chi connectivity index (χ3n) is 4.14. The van der Waals surface area contributed by atoms with Crippen LogP contribution < -0.4 is 5.32 Å². The predicted octanol–water partition coefficient (Wildman–Crippen LogP) is 2.17. The fourth-order valence-corrected chi connectivity index (χ4v) is 2.17. The number of aliphatic carboxylic acids is 1. The summed E-state index contributed by atoms with van der Waals surface area (Å²) in [4.78, 5) is 23.3. The Morgan fingerprint density at radius 3 is 2.60 bits per heavy atom. The van der Waals surface area contributed by atoms with Crippen LogP contribution in [0, 0.1) is 5.41 Å². The second-order valence-electron chi connectivity index (χ2n) is 5.36. The molecule has 0 unspecified atom stereocenters. The summed E-state index contributed by atoms with van der Waals surface area (Å²) in [7, 11) is 0. The zero-order chi connectivity index (χ0) is 14.8. The predicted molar refractivity (Wildman–Crippen MR) is 71.5 cm³/mol. The fraction of sp³-hybridized carbons (Fsp3) is 0.643. The van der Waals surface area contributed by atoms with Gasteiger partial charge in [0.25, 0.3) is 5.91 Å². The molecule has 1 aromatic heterocycles. The molecule has 1 fully saturated rings. The van der Waals surface area contributed by atoms with E-state index in [1.807, 2.05) is 13.8 Å². The van der Waals surface area contributed by atoms with Gasteiger partial charge in [-0.15, -0.1) is 0 Å². The van der Waals surface area contributed by atoms with E-state index in [-0.39, 0.29) is 18.1 Å². The average Bonchev–Trinajstić information content (AvgIpc) is 3.17. The van der Waals surface area contributed by atoms with Crippen molar-refractivity contribution in [1.29, 1.82) is 0 Å². The van der Waals surface area contributed by atoms with Gasteiger partial charge in [-0.2, -0.15) is 0 Å². The molecule has 0 bridgehead atoms. The molecule has 1 heterocycles. The Balaban J connectivity index is 1.97. The maximum absolute atomic E-state index is 12.0. The Morgan fingerprint density at radius 2 is 2.10 bits per heavy atom. The Bertz CT molecular complexity index is 501. The summed E-state index contributed by atoms with van der Waals surface area (Å²) in [5.74, 6) is -0.131. The topological polar surface area (TPSA) is 92.4 Å². The summed E-state index contributed by atoms with van der Waals surface area (Å²) in [6, 6.07) is 1.65. The smallest absolute Gasteiger partial charge is 0.311 e. The number of hydrogen-bond acceptors (Lipinski definition) is 4. The standard InChI is InChI=1S/C14H20N2O4/c1-3-14(4-2,13(18)19)8-15-12(17)10-7-11(20-16-10)9-5-6-9/h7,9H,3-6,8H2,1-2H3,(H,15,17)(H,18,19). The molecule has 1 aliphatic rings. The molecule has 20 heavy (non-hydrogen) atoms. The van der Waals surface area contributed by atoms with Gasteiger partial charge in [-0.1, -0.05) is 19.0 Å². The molecule has 6 nitrogen and oxygen atoms in total. The fourth-order valence-electron chi connectivity index (χ4n) is 2.17. The van der Waals surface area contributed by atoms with Crippen LogP contribution in [0.3, 0.4) is 0 Å². The number of hydrogen-bond donors (Lipinski definition) is 2. The van der Waals surface area contributed by atoms with Gasteiger partial charge in [0.1, 0.15) is 5.76 Å². The Hall–Kier alpha value is -1.85. The zero-order valence-electron chi connectivity index (χ0n) is 11.8. The van der Waals surface area contributed by atoms with Gasteiger partial charge >= 0.3 is 5.97 Å². The highest BCUT2D eigenvalue weighted by molar-refractivity contribution is 5.92. The third kappa shape index (κ3) is 2.84. The van der Waals surface area contributed by atoms with Gasteiger partial charge in [-0.05, 0) is 25.7 Å². The Kier molecular flexibility index (Phi) is 4.11. The molecule has 1 saturated carbocycles. The first kappa shape index (κ1) is 14.6. The first-order valence-corrected chi connectivity index (χ1v) is 7.00. The molecule has 2 rings (SSSR count). The van der Waals surface area contributed by atoms with Crippen molar-refractivity contribution in [3.63, 3.8) is 0 Å². The van der Waals surface area contributed by atoms with Gasteiger partial charge < -0.3 is 14.9 Å². The summed E-state index contributed by atoms with van der Waals surface area (Å²) in [6.45, 7) is 3.72. The number of carbonyl (C=O) groups excluding carboxylic acids is 1. The van der Waals surface area contributed by atoms with Crippen LogP contribution in [-0.4, -0.2) is 28.7 Å². The van der Waals surface area contributed by atoms with Crippen molar-refractivity contribution >= 4 is 11.9 Å². The van der Waals surface area contributed by atoms with Crippen LogP contribution in [0.15, 0.2) is 10.6 Å². The molecule has 1 aliphatic carbocycles. The van der Waals surface area contributed by atoms with E-state index in [0.29, 0.717) is 18.8 Å². The van der Waals surface area contributed by atoms with E-state index in [2.05, 4.69) is 10.5 Å². The van der Waals surface area contributed by atoms with Crippen LogP contribution in [0.4, 0.5) is 0 Å². The van der Waals surface area contributed by atoms with E-state index >= 15 is 0 Å². The minimum Gasteiger partial charge on any atom is -0.481 e. The number of amides is 1. The highest BCUT2D eigenvalue weighted by atomic mass is 16.5. The maximum atomic E-state index is 12.0. The lowest BCUT2D eigenvalue weighted by Gasteiger charge is -2.26. The van der Waals surface area contributed by atoms with Crippen molar-refractivity contribution in [2.75, 3.05) is 6.54 Å². The van der Waals surface area contributed by atoms with E-state index in [4.69, 9.17) is 4.52 Å². The highest BCUT2D eigenvalue weighted by Crippen LogP contribution is 2.40. The van der Waals surface area contributed by atoms with Gasteiger partial charge in [0.15, 0.2) is 5.69 Å². The van der Waals surface area contributed by atoms with Crippen LogP contribution in [0.25, 0.3) is 0 Å². The molecule has 0 aliphatic heterocycles. The van der Waals surface area contributed by atoms with E-state index in [1.165, 1.54) is 0 Å². The zero-order valence-corrected chi connectivity index (χ0v) is 11.8. The van der Waals surface area contributed by atoms with Crippen LogP contribution in [-0.2, 0) is 4.79 Å². The second kappa shape index (κ2) is 5.64. The van der Waals surface area contributed by atoms with Crippen molar-refractivity contribution in [1.82, 2.24) is 10.5 Å². The van der Waals surface area contributed by atoms with Crippen molar-refractivity contribution in [3.8, 4) is 0 Å². The largest absolute Gasteiger partial charge is 0.481 e. The molecule has 2 N–H and O–H groups in total. The molecule has 0 radical (unpaired) electrons. The summed E-state index contributed by atoms with van der Waals surface area (Å²) >= 11 is 0. The van der Waals surface area contributed by atoms with Crippen molar-refractivity contribution in [3.05, 3.63) is 17.5 Å². The minimum atomic E-state index is -0.918. The van der Waals surface area contributed by atoms with Crippen molar-refractivity contribution in [2.24, 2.45) is 5.41 Å². The lowest BCUT2D eigenvalue weighted by Crippen LogP contribution is -2.42. The monoisotopic (exact) mass is 280 g/mol. The average molecular weight is 280 g/mol. The van der Waals surface area contributed by atoms with Crippen molar-refractivity contribution in [2.45, 2.75) is 45.4 Å². The number of carboxylic acid groups (broad SMARTS) is 1. The second-order valence-corrected chi connectivity index (χ2v) is 5.36. The molecule has 6 heteroatoms. The van der Waals surface area contributed by atoms with Gasteiger partial charge in [0, 0.05) is 18.5 Å². The van der Waals surface area contributed by atoms with Crippen LogP contribution in [0.5, 0.6) is 0 Å². The van der Waals surface area contributed by atoms with E-state index in [1.54, 1.807) is 6.07 Å². The lowest BCUT2D eigenvalue weighted by molar-refractivity contribution is -0.149. The molecule has 110 valence electrons. The quantitative estimate of drug-likeness (QED) is 0.798. The Labute approximate surface area is 117 Å². The summed E-state index contributed by atoms with van der Waals surface area (Å²) in [5.41, 5.74) is -0.697. The van der Waals surface area contributed by atoms with Gasteiger partial charge in [0.05, 0.1) is 5.41 Å². The van der Waals surface area contributed by atoms with E-state index in [0.717, 1.165) is 18.6 Å². The maximum Gasteiger partial charge on any atom is 0.311 e. The molecule has 0 spiro atoms. The highest BCUT2D eigenvalue weighted by Gasteiger charge is 2.35. The first-order valence-electron chi connectivity index (χ1n) is 7.00. The molecule has 1 aromatic rings. The van der Waals surface area contributed by atoms with Crippen LogP contribution in [0.1, 0.15) is 61.7 Å². The summed E-state index contributed by atoms with van der Waals surface area (Å²) < 4.78 is 5.11. The number of aromatic nitrogens is 1. The summed E-state index contributed by atoms with van der Waals surface area (Å²) in [5, 5.41) is 15.7. The molecule has 0 saturated heterocycles. The first-order chi connectivity index (χ1) is 9.52. The number of rotatable bonds is 7. The third-order valence-corrected chi connectivity index (χ3v) is 4.14. The SMILES string of the molecule is CCC(CC)(CNC(=O)c1cc(C2CC2)on1)C(=O)O. The minimum absolute atomic E-state index is 0.0970.